The van der Waals surface area contributed by atoms with Gasteiger partial charge in [-0.3, -0.25) is 4.99 Å². The van der Waals surface area contributed by atoms with Crippen LogP contribution in [-0.2, 0) is 15.9 Å². The van der Waals surface area contributed by atoms with Crippen LogP contribution in [0, 0.1) is 5.92 Å². The Morgan fingerprint density at radius 3 is 2.78 bits per heavy atom. The normalized spacial score (nSPS) is 17.1. The molecule has 1 saturated heterocycles. The summed E-state index contributed by atoms with van der Waals surface area (Å²) in [6.07, 6.45) is 4.15. The Kier molecular flexibility index (Phi) is 10.7. The lowest BCUT2D eigenvalue weighted by Gasteiger charge is -2.12. The predicted molar refractivity (Wildman–Crippen MR) is 110 cm³/mol. The lowest BCUT2D eigenvalue weighted by atomic mass is 10.1. The summed E-state index contributed by atoms with van der Waals surface area (Å²) >= 11 is 0. The maximum absolute atomic E-state index is 5.73. The average molecular weight is 378 g/mol. The van der Waals surface area contributed by atoms with Gasteiger partial charge in [0.2, 0.25) is 0 Å². The van der Waals surface area contributed by atoms with Gasteiger partial charge in [-0.15, -0.1) is 0 Å². The van der Waals surface area contributed by atoms with E-state index in [-0.39, 0.29) is 0 Å². The van der Waals surface area contributed by atoms with Gasteiger partial charge >= 0.3 is 0 Å². The minimum atomic E-state index is 0.586. The highest BCUT2D eigenvalue weighted by Crippen LogP contribution is 2.13. The minimum absolute atomic E-state index is 0.586. The average Bonchev–Trinajstić information content (AvgIpc) is 3.21. The Labute approximate surface area is 163 Å². The summed E-state index contributed by atoms with van der Waals surface area (Å²) in [5.41, 5.74) is 1.31. The number of rotatable bonds is 12. The van der Waals surface area contributed by atoms with E-state index >= 15 is 0 Å². The molecular formula is C21H35N3O3. The molecule has 27 heavy (non-hydrogen) atoms. The molecule has 0 bridgehead atoms. The first-order chi connectivity index (χ1) is 13.3. The number of guanidine groups is 1. The summed E-state index contributed by atoms with van der Waals surface area (Å²) in [6.45, 7) is 7.96. The van der Waals surface area contributed by atoms with E-state index in [2.05, 4.69) is 34.7 Å². The third-order valence-corrected chi connectivity index (χ3v) is 4.53. The van der Waals surface area contributed by atoms with Crippen LogP contribution in [0.3, 0.4) is 0 Å². The number of nitrogens with zero attached hydrogens (tertiary/aromatic N) is 1. The second kappa shape index (κ2) is 13.4. The van der Waals surface area contributed by atoms with E-state index in [1.807, 2.05) is 12.1 Å². The van der Waals surface area contributed by atoms with E-state index in [4.69, 9.17) is 14.2 Å². The Morgan fingerprint density at radius 2 is 2.07 bits per heavy atom. The van der Waals surface area contributed by atoms with E-state index < -0.39 is 0 Å². The van der Waals surface area contributed by atoms with Gasteiger partial charge in [-0.25, -0.2) is 0 Å². The third-order valence-electron chi connectivity index (χ3n) is 4.53. The van der Waals surface area contributed by atoms with Crippen molar-refractivity contribution >= 4 is 5.96 Å². The van der Waals surface area contributed by atoms with Crippen molar-refractivity contribution in [3.63, 3.8) is 0 Å². The van der Waals surface area contributed by atoms with Crippen molar-refractivity contribution < 1.29 is 14.2 Å². The molecule has 1 unspecified atom stereocenters. The molecule has 6 heteroatoms. The van der Waals surface area contributed by atoms with Crippen LogP contribution in [0.2, 0.25) is 0 Å². The zero-order valence-corrected chi connectivity index (χ0v) is 16.8. The first kappa shape index (κ1) is 21.5. The number of aryl methyl sites for hydroxylation is 1. The molecular weight excluding hydrogens is 342 g/mol. The maximum atomic E-state index is 5.73. The SMILES string of the molecule is CCNC(=NCCCc1ccc(OC)cc1)NCCCOCC1CCOC1. The van der Waals surface area contributed by atoms with Crippen molar-refractivity contribution in [3.05, 3.63) is 29.8 Å². The van der Waals surface area contributed by atoms with Crippen LogP contribution in [0.15, 0.2) is 29.3 Å². The third kappa shape index (κ3) is 9.11. The van der Waals surface area contributed by atoms with E-state index in [9.17, 15) is 0 Å². The molecule has 1 atom stereocenters. The fraction of sp³-hybridized carbons (Fsp3) is 0.667. The second-order valence-corrected chi connectivity index (χ2v) is 6.80. The van der Waals surface area contributed by atoms with Crippen molar-refractivity contribution in [2.75, 3.05) is 53.2 Å². The lowest BCUT2D eigenvalue weighted by Crippen LogP contribution is -2.38. The number of hydrogen-bond acceptors (Lipinski definition) is 4. The molecule has 0 radical (unpaired) electrons. The zero-order chi connectivity index (χ0) is 19.2. The van der Waals surface area contributed by atoms with Crippen LogP contribution in [0.25, 0.3) is 0 Å². The van der Waals surface area contributed by atoms with Gasteiger partial charge in [0, 0.05) is 38.8 Å². The molecule has 2 rings (SSSR count). The second-order valence-electron chi connectivity index (χ2n) is 6.80. The molecule has 1 aromatic rings. The first-order valence-electron chi connectivity index (χ1n) is 10.1. The summed E-state index contributed by atoms with van der Waals surface area (Å²) in [6, 6.07) is 8.24. The Hall–Kier alpha value is -1.79. The molecule has 0 aromatic heterocycles. The molecule has 1 aliphatic heterocycles. The van der Waals surface area contributed by atoms with E-state index in [1.54, 1.807) is 7.11 Å². The summed E-state index contributed by atoms with van der Waals surface area (Å²) in [5, 5.41) is 6.68. The molecule has 1 aliphatic rings. The molecule has 0 spiro atoms. The molecule has 6 nitrogen and oxygen atoms in total. The number of ether oxygens (including phenoxy) is 3. The summed E-state index contributed by atoms with van der Waals surface area (Å²) in [5.74, 6) is 2.37. The highest BCUT2D eigenvalue weighted by Gasteiger charge is 2.15. The van der Waals surface area contributed by atoms with Crippen LogP contribution < -0.4 is 15.4 Å². The topological polar surface area (TPSA) is 64.1 Å². The van der Waals surface area contributed by atoms with Crippen molar-refractivity contribution in [2.24, 2.45) is 10.9 Å². The van der Waals surface area contributed by atoms with Crippen molar-refractivity contribution in [1.82, 2.24) is 10.6 Å². The van der Waals surface area contributed by atoms with E-state index in [0.29, 0.717) is 5.92 Å². The van der Waals surface area contributed by atoms with E-state index in [1.165, 1.54) is 5.56 Å². The Bertz CT molecular complexity index is 528. The number of aliphatic imine (C=N–C) groups is 1. The van der Waals surface area contributed by atoms with Gasteiger partial charge in [-0.2, -0.15) is 0 Å². The summed E-state index contributed by atoms with van der Waals surface area (Å²) < 4.78 is 16.3. The van der Waals surface area contributed by atoms with Gasteiger partial charge in [0.25, 0.3) is 0 Å². The Morgan fingerprint density at radius 1 is 1.22 bits per heavy atom. The minimum Gasteiger partial charge on any atom is -0.497 e. The van der Waals surface area contributed by atoms with Crippen molar-refractivity contribution in [2.45, 2.75) is 32.6 Å². The predicted octanol–water partition coefficient (Wildman–Crippen LogP) is 2.63. The van der Waals surface area contributed by atoms with Crippen molar-refractivity contribution in [1.29, 1.82) is 0 Å². The van der Waals surface area contributed by atoms with Crippen LogP contribution in [0.1, 0.15) is 31.7 Å². The molecule has 1 heterocycles. The highest BCUT2D eigenvalue weighted by atomic mass is 16.5. The van der Waals surface area contributed by atoms with Crippen molar-refractivity contribution in [3.8, 4) is 5.75 Å². The molecule has 2 N–H and O–H groups in total. The number of methoxy groups -OCH3 is 1. The van der Waals surface area contributed by atoms with Gasteiger partial charge in [0.1, 0.15) is 5.75 Å². The van der Waals surface area contributed by atoms with Crippen LogP contribution in [-0.4, -0.2) is 59.1 Å². The van der Waals surface area contributed by atoms with Gasteiger partial charge in [-0.1, -0.05) is 12.1 Å². The molecule has 1 aromatic carbocycles. The van der Waals surface area contributed by atoms with Gasteiger partial charge in [0.05, 0.1) is 20.3 Å². The van der Waals surface area contributed by atoms with Gasteiger partial charge in [0.15, 0.2) is 5.96 Å². The monoisotopic (exact) mass is 377 g/mol. The molecule has 0 saturated carbocycles. The van der Waals surface area contributed by atoms with Crippen LogP contribution >= 0.6 is 0 Å². The fourth-order valence-electron chi connectivity index (χ4n) is 2.95. The van der Waals surface area contributed by atoms with Crippen LogP contribution in [0.4, 0.5) is 0 Å². The fourth-order valence-corrected chi connectivity index (χ4v) is 2.95. The number of nitrogens with one attached hydrogen (secondary N) is 2. The molecule has 0 amide bonds. The maximum Gasteiger partial charge on any atom is 0.191 e. The smallest absolute Gasteiger partial charge is 0.191 e. The Balaban J connectivity index is 1.56. The number of hydrogen-bond donors (Lipinski definition) is 2. The first-order valence-corrected chi connectivity index (χ1v) is 10.1. The quantitative estimate of drug-likeness (QED) is 0.333. The van der Waals surface area contributed by atoms with Crippen LogP contribution in [0.5, 0.6) is 5.75 Å². The molecule has 0 aliphatic carbocycles. The standard InChI is InChI=1S/C21H35N3O3/c1-3-22-21(24-13-5-14-26-16-19-11-15-27-17-19)23-12-4-6-18-7-9-20(25-2)10-8-18/h7-10,19H,3-6,11-17H2,1-2H3,(H2,22,23,24). The van der Waals surface area contributed by atoms with E-state index in [0.717, 1.165) is 83.5 Å². The van der Waals surface area contributed by atoms with Gasteiger partial charge < -0.3 is 24.8 Å². The number of benzene rings is 1. The zero-order valence-electron chi connectivity index (χ0n) is 16.8. The summed E-state index contributed by atoms with van der Waals surface area (Å²) in [4.78, 5) is 4.66. The molecule has 1 fully saturated rings. The molecule has 152 valence electrons. The largest absolute Gasteiger partial charge is 0.497 e. The summed E-state index contributed by atoms with van der Waals surface area (Å²) in [7, 11) is 1.69. The lowest BCUT2D eigenvalue weighted by molar-refractivity contribution is 0.0888. The highest BCUT2D eigenvalue weighted by molar-refractivity contribution is 5.79. The van der Waals surface area contributed by atoms with Gasteiger partial charge in [-0.05, 0) is 50.3 Å².